The first-order valence-corrected chi connectivity index (χ1v) is 8.62. The summed E-state index contributed by atoms with van der Waals surface area (Å²) in [5, 5.41) is 5.47. The summed E-state index contributed by atoms with van der Waals surface area (Å²) in [7, 11) is -4.74. The van der Waals surface area contributed by atoms with Gasteiger partial charge in [-0.2, -0.15) is 8.78 Å². The minimum atomic E-state index is -4.74. The van der Waals surface area contributed by atoms with E-state index in [9.17, 15) is 22.0 Å². The fourth-order valence-corrected chi connectivity index (χ4v) is 2.48. The third-order valence-corrected chi connectivity index (χ3v) is 4.76. The van der Waals surface area contributed by atoms with Crippen molar-refractivity contribution in [2.75, 3.05) is 17.2 Å². The van der Waals surface area contributed by atoms with E-state index in [1.807, 2.05) is 0 Å². The van der Waals surface area contributed by atoms with E-state index in [1.165, 1.54) is 6.07 Å². The number of benzene rings is 1. The molecule has 6 nitrogen and oxygen atoms in total. The van der Waals surface area contributed by atoms with Gasteiger partial charge in [0.15, 0.2) is 0 Å². The smallest absolute Gasteiger partial charge is 0.341 e. The molecule has 1 rings (SSSR count). The highest BCUT2D eigenvalue weighted by atomic mass is 32.2. The second kappa shape index (κ2) is 7.69. The van der Waals surface area contributed by atoms with E-state index in [2.05, 4.69) is 10.6 Å². The van der Waals surface area contributed by atoms with Crippen molar-refractivity contribution in [3.63, 3.8) is 0 Å². The van der Waals surface area contributed by atoms with Crippen molar-refractivity contribution in [1.82, 2.24) is 0 Å². The molecule has 0 heterocycles. The van der Waals surface area contributed by atoms with Crippen LogP contribution in [0.2, 0.25) is 0 Å². The molecular weight excluding hydrogens is 328 g/mol. The van der Waals surface area contributed by atoms with Crippen LogP contribution < -0.4 is 16.4 Å². The van der Waals surface area contributed by atoms with Gasteiger partial charge >= 0.3 is 5.76 Å². The molecule has 2 atom stereocenters. The number of alkyl halides is 2. The Balaban J connectivity index is 3.24. The molecule has 130 valence electrons. The summed E-state index contributed by atoms with van der Waals surface area (Å²) in [5.41, 5.74) is 6.21. The van der Waals surface area contributed by atoms with E-state index in [1.54, 1.807) is 20.8 Å². The molecule has 23 heavy (non-hydrogen) atoms. The monoisotopic (exact) mass is 349 g/mol. The Labute approximate surface area is 134 Å². The van der Waals surface area contributed by atoms with Crippen molar-refractivity contribution in [3.05, 3.63) is 18.2 Å². The molecular formula is C14H21F2N3O3S. The molecule has 9 heteroatoms. The number of carbonyl (C=O) groups is 1. The van der Waals surface area contributed by atoms with Gasteiger partial charge in [-0.25, -0.2) is 8.42 Å². The zero-order chi connectivity index (χ0) is 17.8. The van der Waals surface area contributed by atoms with Gasteiger partial charge in [-0.1, -0.05) is 6.92 Å². The largest absolute Gasteiger partial charge is 0.384 e. The molecule has 0 saturated heterocycles. The minimum Gasteiger partial charge on any atom is -0.384 e. The van der Waals surface area contributed by atoms with Crippen LogP contribution in [0.5, 0.6) is 0 Å². The topological polar surface area (TPSA) is 101 Å². The lowest BCUT2D eigenvalue weighted by atomic mass is 10.0. The minimum absolute atomic E-state index is 0.117. The first-order valence-electron chi connectivity index (χ1n) is 7.07. The van der Waals surface area contributed by atoms with Crippen LogP contribution in [0.4, 0.5) is 20.2 Å². The summed E-state index contributed by atoms with van der Waals surface area (Å²) < 4.78 is 48.5. The molecule has 0 bridgehead atoms. The number of rotatable bonds is 7. The molecule has 4 N–H and O–H groups in total. The van der Waals surface area contributed by atoms with Crippen LogP contribution in [-0.2, 0) is 14.6 Å². The molecule has 0 saturated carbocycles. The molecule has 0 aliphatic carbocycles. The van der Waals surface area contributed by atoms with Crippen LogP contribution in [0.3, 0.4) is 0 Å². The van der Waals surface area contributed by atoms with Crippen molar-refractivity contribution < 1.29 is 22.0 Å². The van der Waals surface area contributed by atoms with Gasteiger partial charge in [0.25, 0.3) is 0 Å². The molecule has 1 amide bonds. The van der Waals surface area contributed by atoms with E-state index in [4.69, 9.17) is 5.73 Å². The Kier molecular flexibility index (Phi) is 6.46. The fourth-order valence-electron chi connectivity index (χ4n) is 1.74. The lowest BCUT2D eigenvalue weighted by molar-refractivity contribution is -0.119. The summed E-state index contributed by atoms with van der Waals surface area (Å²) in [6.07, 6.45) is 0. The number of amides is 1. The van der Waals surface area contributed by atoms with Gasteiger partial charge in [-0.3, -0.25) is 4.79 Å². The van der Waals surface area contributed by atoms with Gasteiger partial charge in [0.05, 0.1) is 22.2 Å². The van der Waals surface area contributed by atoms with Crippen LogP contribution in [-0.4, -0.2) is 32.7 Å². The summed E-state index contributed by atoms with van der Waals surface area (Å²) in [5.74, 6) is -4.48. The number of nitrogens with one attached hydrogen (secondary N) is 2. The highest BCUT2D eigenvalue weighted by Gasteiger charge is 2.28. The number of nitrogens with two attached hydrogens (primary N) is 1. The summed E-state index contributed by atoms with van der Waals surface area (Å²) >= 11 is 0. The maximum Gasteiger partial charge on any atom is 0.341 e. The van der Waals surface area contributed by atoms with E-state index >= 15 is 0 Å². The Morgan fingerprint density at radius 1 is 1.26 bits per heavy atom. The normalized spacial score (nSPS) is 14.4. The van der Waals surface area contributed by atoms with Gasteiger partial charge in [0.2, 0.25) is 15.7 Å². The molecule has 0 radical (unpaired) electrons. The van der Waals surface area contributed by atoms with Gasteiger partial charge in [0, 0.05) is 12.6 Å². The van der Waals surface area contributed by atoms with Crippen LogP contribution in [0, 0.1) is 5.92 Å². The van der Waals surface area contributed by atoms with Crippen molar-refractivity contribution in [1.29, 1.82) is 0 Å². The average molecular weight is 349 g/mol. The Hall–Kier alpha value is -1.74. The van der Waals surface area contributed by atoms with E-state index in [0.717, 1.165) is 12.1 Å². The molecule has 0 fully saturated rings. The summed E-state index contributed by atoms with van der Waals surface area (Å²) in [6.45, 7) is 5.59. The van der Waals surface area contributed by atoms with E-state index < -0.39 is 38.4 Å². The van der Waals surface area contributed by atoms with Crippen molar-refractivity contribution in [2.24, 2.45) is 11.7 Å². The predicted octanol–water partition coefficient (Wildman–Crippen LogP) is 2.04. The SMILES string of the molecule is CCNc1ccc(S(=O)(=O)C(F)F)cc1NC(=O)C(C)C(C)N. The van der Waals surface area contributed by atoms with Crippen molar-refractivity contribution in [2.45, 2.75) is 37.5 Å². The van der Waals surface area contributed by atoms with Crippen LogP contribution >= 0.6 is 0 Å². The third-order valence-electron chi connectivity index (χ3n) is 3.38. The maximum absolute atomic E-state index is 12.7. The second-order valence-corrected chi connectivity index (χ2v) is 7.10. The van der Waals surface area contributed by atoms with Crippen LogP contribution in [0.1, 0.15) is 20.8 Å². The zero-order valence-corrected chi connectivity index (χ0v) is 14.0. The number of carbonyl (C=O) groups excluding carboxylic acids is 1. The molecule has 1 aromatic carbocycles. The van der Waals surface area contributed by atoms with E-state index in [-0.39, 0.29) is 5.69 Å². The average Bonchev–Trinajstić information content (AvgIpc) is 2.47. The van der Waals surface area contributed by atoms with E-state index in [0.29, 0.717) is 12.2 Å². The predicted molar refractivity (Wildman–Crippen MR) is 85.2 cm³/mol. The van der Waals surface area contributed by atoms with Crippen molar-refractivity contribution >= 4 is 27.1 Å². The zero-order valence-electron chi connectivity index (χ0n) is 13.1. The summed E-state index contributed by atoms with van der Waals surface area (Å²) in [4.78, 5) is 11.5. The number of hydrogen-bond donors (Lipinski definition) is 3. The lowest BCUT2D eigenvalue weighted by Gasteiger charge is -2.18. The maximum atomic E-state index is 12.7. The molecule has 0 aromatic heterocycles. The molecule has 0 spiro atoms. The molecule has 0 aliphatic rings. The Morgan fingerprint density at radius 3 is 2.35 bits per heavy atom. The van der Waals surface area contributed by atoms with Gasteiger partial charge in [0.1, 0.15) is 0 Å². The van der Waals surface area contributed by atoms with Crippen LogP contribution in [0.25, 0.3) is 0 Å². The van der Waals surface area contributed by atoms with Crippen molar-refractivity contribution in [3.8, 4) is 0 Å². The second-order valence-electron chi connectivity index (χ2n) is 5.18. The quantitative estimate of drug-likeness (QED) is 0.699. The summed E-state index contributed by atoms with van der Waals surface area (Å²) in [6, 6.07) is 3.02. The molecule has 2 unspecified atom stereocenters. The highest BCUT2D eigenvalue weighted by Crippen LogP contribution is 2.28. The first-order chi connectivity index (χ1) is 10.6. The van der Waals surface area contributed by atoms with Gasteiger partial charge in [-0.15, -0.1) is 0 Å². The Bertz CT molecular complexity index is 663. The van der Waals surface area contributed by atoms with Gasteiger partial charge in [-0.05, 0) is 32.0 Å². The number of halogens is 2. The standard InChI is InChI=1S/C14H21F2N3O3S/c1-4-18-11-6-5-10(23(21,22)14(15)16)7-12(11)19-13(20)8(2)9(3)17/h5-9,14,18H,4,17H2,1-3H3,(H,19,20). The first kappa shape index (κ1) is 19.3. The number of anilines is 2. The fraction of sp³-hybridized carbons (Fsp3) is 0.500. The number of hydrogen-bond acceptors (Lipinski definition) is 5. The van der Waals surface area contributed by atoms with Gasteiger partial charge < -0.3 is 16.4 Å². The Morgan fingerprint density at radius 2 is 1.87 bits per heavy atom. The third kappa shape index (κ3) is 4.61. The highest BCUT2D eigenvalue weighted by molar-refractivity contribution is 7.91. The lowest BCUT2D eigenvalue weighted by Crippen LogP contribution is -2.34. The molecule has 1 aromatic rings. The van der Waals surface area contributed by atoms with Crippen LogP contribution in [0.15, 0.2) is 23.1 Å². The molecule has 0 aliphatic heterocycles. The number of sulfone groups is 1.